The van der Waals surface area contributed by atoms with Gasteiger partial charge >= 0.3 is 6.03 Å². The van der Waals surface area contributed by atoms with Gasteiger partial charge in [0.1, 0.15) is 0 Å². The fraction of sp³-hybridized carbons (Fsp3) is 0.571. The number of pyridine rings is 1. The molecule has 5 nitrogen and oxygen atoms in total. The van der Waals surface area contributed by atoms with E-state index < -0.39 is 0 Å². The average molecular weight is 262 g/mol. The standard InChI is InChI=1S/C14H22N4O/c1-11(2)8-16-14(19)18-7-5-13(10-18)17-12-4-3-6-15-9-12/h3-4,6,9,11,13,17H,5,7-8,10H2,1-2H3,(H,16,19)/t13-/m0/s1. The maximum absolute atomic E-state index is 11.9. The molecule has 2 amide bonds. The van der Waals surface area contributed by atoms with Crippen LogP contribution in [0.4, 0.5) is 10.5 Å². The van der Waals surface area contributed by atoms with E-state index in [1.165, 1.54) is 0 Å². The maximum atomic E-state index is 11.9. The van der Waals surface area contributed by atoms with Gasteiger partial charge < -0.3 is 15.5 Å². The number of nitrogens with one attached hydrogen (secondary N) is 2. The normalized spacial score (nSPS) is 18.7. The Labute approximate surface area is 114 Å². The summed E-state index contributed by atoms with van der Waals surface area (Å²) in [4.78, 5) is 17.9. The van der Waals surface area contributed by atoms with E-state index in [9.17, 15) is 4.79 Å². The van der Waals surface area contributed by atoms with Crippen LogP contribution >= 0.6 is 0 Å². The summed E-state index contributed by atoms with van der Waals surface area (Å²) in [7, 11) is 0. The minimum atomic E-state index is 0.0455. The van der Waals surface area contributed by atoms with Gasteiger partial charge in [0.25, 0.3) is 0 Å². The van der Waals surface area contributed by atoms with Crippen LogP contribution < -0.4 is 10.6 Å². The molecule has 19 heavy (non-hydrogen) atoms. The summed E-state index contributed by atoms with van der Waals surface area (Å²) in [5, 5.41) is 6.36. The quantitative estimate of drug-likeness (QED) is 0.871. The molecule has 5 heteroatoms. The molecule has 0 spiro atoms. The van der Waals surface area contributed by atoms with Crippen molar-refractivity contribution < 1.29 is 4.79 Å². The number of carbonyl (C=O) groups excluding carboxylic acids is 1. The van der Waals surface area contributed by atoms with Gasteiger partial charge in [-0.05, 0) is 24.5 Å². The first-order valence-corrected chi connectivity index (χ1v) is 6.84. The zero-order valence-corrected chi connectivity index (χ0v) is 11.6. The number of anilines is 1. The molecule has 2 rings (SSSR count). The van der Waals surface area contributed by atoms with Crippen LogP contribution in [0.5, 0.6) is 0 Å². The molecule has 1 aliphatic rings. The van der Waals surface area contributed by atoms with E-state index >= 15 is 0 Å². The fourth-order valence-corrected chi connectivity index (χ4v) is 2.15. The van der Waals surface area contributed by atoms with Crippen molar-refractivity contribution in [2.75, 3.05) is 25.0 Å². The molecule has 1 aliphatic heterocycles. The second kappa shape index (κ2) is 6.41. The van der Waals surface area contributed by atoms with Gasteiger partial charge in [0.05, 0.1) is 5.69 Å². The van der Waals surface area contributed by atoms with Crippen LogP contribution in [0.15, 0.2) is 24.5 Å². The molecule has 0 aromatic carbocycles. The molecule has 1 aromatic heterocycles. The van der Waals surface area contributed by atoms with Gasteiger partial charge in [0.2, 0.25) is 0 Å². The number of hydrogen-bond acceptors (Lipinski definition) is 3. The predicted molar refractivity (Wildman–Crippen MR) is 76.1 cm³/mol. The number of nitrogens with zero attached hydrogens (tertiary/aromatic N) is 2. The second-order valence-corrected chi connectivity index (χ2v) is 5.40. The van der Waals surface area contributed by atoms with Crippen LogP contribution in [0, 0.1) is 5.92 Å². The van der Waals surface area contributed by atoms with Crippen LogP contribution in [0.2, 0.25) is 0 Å². The van der Waals surface area contributed by atoms with Crippen molar-refractivity contribution in [3.8, 4) is 0 Å². The Hall–Kier alpha value is -1.78. The van der Waals surface area contributed by atoms with E-state index in [2.05, 4.69) is 29.5 Å². The number of carbonyl (C=O) groups is 1. The lowest BCUT2D eigenvalue weighted by Gasteiger charge is -2.19. The molecular formula is C14H22N4O. The Bertz CT molecular complexity index is 407. The van der Waals surface area contributed by atoms with Crippen molar-refractivity contribution in [2.24, 2.45) is 5.92 Å². The summed E-state index contributed by atoms with van der Waals surface area (Å²) in [5.41, 5.74) is 1.01. The number of urea groups is 1. The van der Waals surface area contributed by atoms with E-state index in [-0.39, 0.29) is 6.03 Å². The highest BCUT2D eigenvalue weighted by atomic mass is 16.2. The molecule has 0 aliphatic carbocycles. The number of rotatable bonds is 4. The van der Waals surface area contributed by atoms with Gasteiger partial charge in [0, 0.05) is 38.1 Å². The molecule has 1 aromatic rings. The SMILES string of the molecule is CC(C)CNC(=O)N1CC[C@H](Nc2cccnc2)C1. The van der Waals surface area contributed by atoms with Gasteiger partial charge in [-0.3, -0.25) is 4.98 Å². The van der Waals surface area contributed by atoms with Gasteiger partial charge in [-0.2, -0.15) is 0 Å². The summed E-state index contributed by atoms with van der Waals surface area (Å²) in [6, 6.07) is 4.26. The smallest absolute Gasteiger partial charge is 0.317 e. The van der Waals surface area contributed by atoms with Gasteiger partial charge in [0.15, 0.2) is 0 Å². The van der Waals surface area contributed by atoms with Crippen molar-refractivity contribution in [1.82, 2.24) is 15.2 Å². The van der Waals surface area contributed by atoms with Crippen molar-refractivity contribution in [1.29, 1.82) is 0 Å². The Balaban J connectivity index is 1.78. The van der Waals surface area contributed by atoms with E-state index in [4.69, 9.17) is 0 Å². The topological polar surface area (TPSA) is 57.3 Å². The summed E-state index contributed by atoms with van der Waals surface area (Å²) in [5.74, 6) is 0.482. The monoisotopic (exact) mass is 262 g/mol. The molecule has 1 saturated heterocycles. The first-order chi connectivity index (χ1) is 9.15. The largest absolute Gasteiger partial charge is 0.379 e. The lowest BCUT2D eigenvalue weighted by atomic mass is 10.2. The Morgan fingerprint density at radius 1 is 1.58 bits per heavy atom. The minimum absolute atomic E-state index is 0.0455. The molecular weight excluding hydrogens is 240 g/mol. The number of amides is 2. The van der Waals surface area contributed by atoms with Crippen LogP contribution in [-0.2, 0) is 0 Å². The lowest BCUT2D eigenvalue weighted by Crippen LogP contribution is -2.41. The van der Waals surface area contributed by atoms with Crippen molar-refractivity contribution >= 4 is 11.7 Å². The highest BCUT2D eigenvalue weighted by Gasteiger charge is 2.25. The van der Waals surface area contributed by atoms with Crippen LogP contribution in [0.25, 0.3) is 0 Å². The number of likely N-dealkylation sites (tertiary alicyclic amines) is 1. The van der Waals surface area contributed by atoms with Gasteiger partial charge in [-0.1, -0.05) is 13.8 Å². The predicted octanol–water partition coefficient (Wildman–Crippen LogP) is 1.93. The molecule has 1 atom stereocenters. The number of hydrogen-bond donors (Lipinski definition) is 2. The van der Waals surface area contributed by atoms with E-state index in [1.807, 2.05) is 23.2 Å². The van der Waals surface area contributed by atoms with Crippen molar-refractivity contribution in [2.45, 2.75) is 26.3 Å². The van der Waals surface area contributed by atoms with Crippen LogP contribution in [-0.4, -0.2) is 41.6 Å². The summed E-state index contributed by atoms with van der Waals surface area (Å²) >= 11 is 0. The molecule has 1 fully saturated rings. The zero-order chi connectivity index (χ0) is 13.7. The third kappa shape index (κ3) is 4.12. The van der Waals surface area contributed by atoms with Crippen LogP contribution in [0.3, 0.4) is 0 Å². The summed E-state index contributed by atoms with van der Waals surface area (Å²) in [6.45, 7) is 6.48. The highest BCUT2D eigenvalue weighted by molar-refractivity contribution is 5.74. The third-order valence-corrected chi connectivity index (χ3v) is 3.17. The maximum Gasteiger partial charge on any atom is 0.317 e. The minimum Gasteiger partial charge on any atom is -0.379 e. The number of aromatic nitrogens is 1. The Morgan fingerprint density at radius 3 is 3.11 bits per heavy atom. The first-order valence-electron chi connectivity index (χ1n) is 6.84. The fourth-order valence-electron chi connectivity index (χ4n) is 2.15. The molecule has 0 bridgehead atoms. The molecule has 0 unspecified atom stereocenters. The average Bonchev–Trinajstić information content (AvgIpc) is 2.85. The lowest BCUT2D eigenvalue weighted by molar-refractivity contribution is 0.207. The summed E-state index contributed by atoms with van der Waals surface area (Å²) in [6.07, 6.45) is 4.54. The van der Waals surface area contributed by atoms with Crippen molar-refractivity contribution in [3.05, 3.63) is 24.5 Å². The van der Waals surface area contributed by atoms with Crippen molar-refractivity contribution in [3.63, 3.8) is 0 Å². The van der Waals surface area contributed by atoms with E-state index in [0.717, 1.165) is 31.7 Å². The molecule has 2 heterocycles. The second-order valence-electron chi connectivity index (χ2n) is 5.40. The van der Waals surface area contributed by atoms with Gasteiger partial charge in [-0.15, -0.1) is 0 Å². The highest BCUT2D eigenvalue weighted by Crippen LogP contribution is 2.14. The third-order valence-electron chi connectivity index (χ3n) is 3.17. The Morgan fingerprint density at radius 2 is 2.42 bits per heavy atom. The first kappa shape index (κ1) is 13.6. The Kier molecular flexibility index (Phi) is 4.60. The van der Waals surface area contributed by atoms with Crippen LogP contribution in [0.1, 0.15) is 20.3 Å². The molecule has 2 N–H and O–H groups in total. The van der Waals surface area contributed by atoms with Gasteiger partial charge in [-0.25, -0.2) is 4.79 Å². The van der Waals surface area contributed by atoms with E-state index in [1.54, 1.807) is 6.20 Å². The molecule has 0 radical (unpaired) electrons. The van der Waals surface area contributed by atoms with E-state index in [0.29, 0.717) is 12.0 Å². The molecule has 104 valence electrons. The molecule has 0 saturated carbocycles. The zero-order valence-electron chi connectivity index (χ0n) is 11.6. The summed E-state index contributed by atoms with van der Waals surface area (Å²) < 4.78 is 0.